The minimum absolute atomic E-state index is 0.0582. The second-order valence-electron chi connectivity index (χ2n) is 16.2. The molecule has 6 saturated carbocycles. The number of methoxy groups -OCH3 is 2. The molecular weight excluding hydrogens is 747 g/mol. The molecule has 58 heavy (non-hydrogen) atoms. The molecule has 0 saturated heterocycles. The summed E-state index contributed by atoms with van der Waals surface area (Å²) in [6.45, 7) is 0. The standard InChI is InChI=1S/2C21H22FN5O2/c2*1-29-21(28)17-12-4-2-11(3-5-12)15(17)9-14-6-7-23-20(25-14)18-16-8-13(22)10-24-19(16)27-26-18/h2*6-8,10-12,15,17H,2-5,9H2,1H3,(H,24,26,27)/t2*11?,12?,15-,17-/m10/s1. The lowest BCUT2D eigenvalue weighted by molar-refractivity contribution is -0.156. The second kappa shape index (κ2) is 15.9. The van der Waals surface area contributed by atoms with Gasteiger partial charge in [0.2, 0.25) is 0 Å². The monoisotopic (exact) mass is 790 g/mol. The van der Waals surface area contributed by atoms with E-state index in [9.17, 15) is 18.4 Å². The van der Waals surface area contributed by atoms with Crippen molar-refractivity contribution in [2.24, 2.45) is 47.3 Å². The fourth-order valence-corrected chi connectivity index (χ4v) is 10.6. The largest absolute Gasteiger partial charge is 0.469 e. The highest BCUT2D eigenvalue weighted by atomic mass is 19.1. The van der Waals surface area contributed by atoms with E-state index in [-0.39, 0.29) is 35.6 Å². The van der Waals surface area contributed by atoms with Gasteiger partial charge in [-0.3, -0.25) is 19.8 Å². The van der Waals surface area contributed by atoms with Crippen molar-refractivity contribution in [3.8, 4) is 23.0 Å². The second-order valence-corrected chi connectivity index (χ2v) is 16.2. The number of esters is 2. The fourth-order valence-electron chi connectivity index (χ4n) is 10.6. The molecule has 0 spiro atoms. The summed E-state index contributed by atoms with van der Waals surface area (Å²) < 4.78 is 37.5. The molecule has 6 heterocycles. The van der Waals surface area contributed by atoms with Crippen molar-refractivity contribution in [3.63, 3.8) is 0 Å². The number of hydrogen-bond donors (Lipinski definition) is 2. The molecule has 6 fully saturated rings. The molecule has 14 nitrogen and oxygen atoms in total. The van der Waals surface area contributed by atoms with Gasteiger partial charge in [-0.2, -0.15) is 10.2 Å². The molecule has 0 unspecified atom stereocenters. The van der Waals surface area contributed by atoms with E-state index in [1.807, 2.05) is 12.1 Å². The number of ether oxygens (including phenoxy) is 2. The van der Waals surface area contributed by atoms with Gasteiger partial charge in [-0.1, -0.05) is 0 Å². The van der Waals surface area contributed by atoms with Crippen LogP contribution in [-0.2, 0) is 31.9 Å². The van der Waals surface area contributed by atoms with E-state index in [0.717, 1.165) is 75.1 Å². The molecular formula is C42H44F2N10O4. The average Bonchev–Trinajstić information content (AvgIpc) is 3.88. The van der Waals surface area contributed by atoms with Crippen LogP contribution in [0.15, 0.2) is 49.1 Å². The maximum Gasteiger partial charge on any atom is 0.309 e. The van der Waals surface area contributed by atoms with Crippen LogP contribution >= 0.6 is 0 Å². The summed E-state index contributed by atoms with van der Waals surface area (Å²) in [6, 6.07) is 6.53. The first-order valence-corrected chi connectivity index (χ1v) is 20.1. The predicted molar refractivity (Wildman–Crippen MR) is 206 cm³/mol. The van der Waals surface area contributed by atoms with E-state index >= 15 is 0 Å². The van der Waals surface area contributed by atoms with Crippen LogP contribution in [0.1, 0.15) is 62.8 Å². The highest BCUT2D eigenvalue weighted by Crippen LogP contribution is 2.51. The lowest BCUT2D eigenvalue weighted by Gasteiger charge is -2.47. The van der Waals surface area contributed by atoms with E-state index < -0.39 is 11.6 Å². The molecule has 2 N–H and O–H groups in total. The number of fused-ring (bicyclic) bond motifs is 8. The highest BCUT2D eigenvalue weighted by Gasteiger charge is 2.48. The van der Waals surface area contributed by atoms with Crippen LogP contribution < -0.4 is 0 Å². The average molecular weight is 791 g/mol. The number of pyridine rings is 2. The van der Waals surface area contributed by atoms with Crippen LogP contribution in [0.3, 0.4) is 0 Å². The Morgan fingerprint density at radius 1 is 0.621 bits per heavy atom. The number of aromatic nitrogens is 10. The number of nitrogens with zero attached hydrogens (tertiary/aromatic N) is 8. The van der Waals surface area contributed by atoms with Gasteiger partial charge in [0.25, 0.3) is 0 Å². The van der Waals surface area contributed by atoms with Gasteiger partial charge >= 0.3 is 11.9 Å². The van der Waals surface area contributed by atoms with E-state index in [0.29, 0.717) is 81.6 Å². The first kappa shape index (κ1) is 37.8. The van der Waals surface area contributed by atoms with Gasteiger partial charge in [0, 0.05) is 23.8 Å². The number of H-pyrrole nitrogens is 2. The summed E-state index contributed by atoms with van der Waals surface area (Å²) in [4.78, 5) is 51.0. The number of carbonyl (C=O) groups is 2. The molecule has 6 aromatic rings. The molecule has 6 aromatic heterocycles. The Morgan fingerprint density at radius 2 is 1.02 bits per heavy atom. The summed E-state index contributed by atoms with van der Waals surface area (Å²) >= 11 is 0. The summed E-state index contributed by atoms with van der Waals surface area (Å²) in [5.41, 5.74) is 3.67. The van der Waals surface area contributed by atoms with E-state index in [2.05, 4.69) is 40.3 Å². The minimum atomic E-state index is -0.435. The van der Waals surface area contributed by atoms with E-state index in [1.165, 1.54) is 26.4 Å². The van der Waals surface area contributed by atoms with Gasteiger partial charge in [-0.05, 0) is 124 Å². The first-order valence-electron chi connectivity index (χ1n) is 20.1. The zero-order valence-corrected chi connectivity index (χ0v) is 32.3. The zero-order chi connectivity index (χ0) is 39.9. The quantitative estimate of drug-likeness (QED) is 0.157. The van der Waals surface area contributed by atoms with Gasteiger partial charge < -0.3 is 9.47 Å². The Morgan fingerprint density at radius 3 is 1.41 bits per heavy atom. The number of nitrogens with one attached hydrogen (secondary N) is 2. The van der Waals surface area contributed by atoms with Crippen LogP contribution in [-0.4, -0.2) is 76.5 Å². The molecule has 300 valence electrons. The fraction of sp³-hybridized carbons (Fsp3) is 0.476. The lowest BCUT2D eigenvalue weighted by atomic mass is 9.57. The normalized spacial score (nSPS) is 26.0. The van der Waals surface area contributed by atoms with Gasteiger partial charge in [0.1, 0.15) is 23.0 Å². The number of aromatic amines is 2. The Balaban J connectivity index is 0.000000150. The maximum absolute atomic E-state index is 13.6. The summed E-state index contributed by atoms with van der Waals surface area (Å²) in [7, 11) is 2.95. The van der Waals surface area contributed by atoms with Crippen molar-refractivity contribution >= 4 is 34.0 Å². The molecule has 0 amide bonds. The van der Waals surface area contributed by atoms with Gasteiger partial charge in [-0.25, -0.2) is 38.7 Å². The summed E-state index contributed by atoms with van der Waals surface area (Å²) in [5.74, 6) is 2.04. The van der Waals surface area contributed by atoms with Crippen molar-refractivity contribution in [1.82, 2.24) is 50.3 Å². The Labute approximate surface area is 332 Å². The molecule has 12 rings (SSSR count). The molecule has 6 aliphatic rings. The lowest BCUT2D eigenvalue weighted by Crippen LogP contribution is -2.45. The molecule has 4 atom stereocenters. The van der Waals surface area contributed by atoms with Crippen LogP contribution in [0.4, 0.5) is 8.78 Å². The van der Waals surface area contributed by atoms with Crippen molar-refractivity contribution in [3.05, 3.63) is 72.1 Å². The maximum atomic E-state index is 13.6. The van der Waals surface area contributed by atoms with E-state index in [1.54, 1.807) is 12.4 Å². The third-order valence-corrected chi connectivity index (χ3v) is 13.2. The Bertz CT molecular complexity index is 2290. The zero-order valence-electron chi connectivity index (χ0n) is 32.3. The third-order valence-electron chi connectivity index (χ3n) is 13.2. The highest BCUT2D eigenvalue weighted by molar-refractivity contribution is 5.89. The molecule has 4 bridgehead atoms. The molecule has 0 radical (unpaired) electrons. The van der Waals surface area contributed by atoms with Crippen LogP contribution in [0.25, 0.3) is 45.1 Å². The molecule has 16 heteroatoms. The van der Waals surface area contributed by atoms with Crippen LogP contribution in [0.5, 0.6) is 0 Å². The Hall–Kier alpha value is -5.80. The molecule has 6 aliphatic carbocycles. The topological polar surface area (TPSA) is 187 Å². The molecule has 0 aromatic carbocycles. The van der Waals surface area contributed by atoms with Gasteiger partial charge in [-0.15, -0.1) is 0 Å². The van der Waals surface area contributed by atoms with Crippen molar-refractivity contribution < 1.29 is 27.8 Å². The smallest absolute Gasteiger partial charge is 0.309 e. The summed E-state index contributed by atoms with van der Waals surface area (Å²) in [6.07, 6.45) is 16.2. The van der Waals surface area contributed by atoms with Crippen molar-refractivity contribution in [2.75, 3.05) is 14.2 Å². The SMILES string of the molecule is COC(=O)[C@@H]1C2CCC(CC2)[C@H]1Cc1ccnc(-c2[nH]nc3ncc(F)cc23)n1.COC(=O)[C@H]1C2CCC(CC2)[C@@H]1Cc1ccnc(-c2[nH]nc3ncc(F)cc23)n1. The van der Waals surface area contributed by atoms with Gasteiger partial charge in [0.15, 0.2) is 22.9 Å². The van der Waals surface area contributed by atoms with Gasteiger partial charge in [0.05, 0.1) is 49.2 Å². The van der Waals surface area contributed by atoms with E-state index in [4.69, 9.17) is 19.4 Å². The van der Waals surface area contributed by atoms with Crippen LogP contribution in [0, 0.1) is 59.0 Å². The predicted octanol–water partition coefficient (Wildman–Crippen LogP) is 6.64. The van der Waals surface area contributed by atoms with Crippen molar-refractivity contribution in [2.45, 2.75) is 64.2 Å². The molecule has 0 aliphatic heterocycles. The van der Waals surface area contributed by atoms with Crippen molar-refractivity contribution in [1.29, 1.82) is 0 Å². The third kappa shape index (κ3) is 7.17. The number of rotatable bonds is 8. The minimum Gasteiger partial charge on any atom is -0.469 e. The number of halogens is 2. The first-order chi connectivity index (χ1) is 28.3. The Kier molecular flexibility index (Phi) is 10.3. The number of hydrogen-bond acceptors (Lipinski definition) is 12. The van der Waals surface area contributed by atoms with Crippen LogP contribution in [0.2, 0.25) is 0 Å². The summed E-state index contributed by atoms with van der Waals surface area (Å²) in [5, 5.41) is 15.1. The number of carbonyl (C=O) groups excluding carboxylic acids is 2.